The van der Waals surface area contributed by atoms with Crippen LogP contribution >= 0.6 is 0 Å². The Labute approximate surface area is 173 Å². The first kappa shape index (κ1) is 21.1. The van der Waals surface area contributed by atoms with E-state index in [4.69, 9.17) is 4.74 Å². The average molecular weight is 394 g/mol. The van der Waals surface area contributed by atoms with Crippen molar-refractivity contribution in [3.05, 3.63) is 70.3 Å². The van der Waals surface area contributed by atoms with Crippen LogP contribution in [0.15, 0.2) is 42.5 Å². The Hall–Kier alpha value is -2.62. The minimum Gasteiger partial charge on any atom is -0.465 e. The summed E-state index contributed by atoms with van der Waals surface area (Å²) < 4.78 is 4.73. The van der Waals surface area contributed by atoms with Crippen molar-refractivity contribution in [2.24, 2.45) is 0 Å². The van der Waals surface area contributed by atoms with Crippen molar-refractivity contribution in [2.75, 3.05) is 14.2 Å². The van der Waals surface area contributed by atoms with Crippen LogP contribution in [0.5, 0.6) is 0 Å². The summed E-state index contributed by atoms with van der Waals surface area (Å²) in [6.45, 7) is 9.58. The molecule has 0 radical (unpaired) electrons. The number of esters is 1. The molecule has 0 unspecified atom stereocenters. The number of amides is 1. The molecule has 2 aromatic carbocycles. The fourth-order valence-electron chi connectivity index (χ4n) is 4.15. The smallest absolute Gasteiger partial charge is 0.337 e. The molecule has 154 valence electrons. The van der Waals surface area contributed by atoms with E-state index in [1.165, 1.54) is 18.2 Å². The lowest BCUT2D eigenvalue weighted by Gasteiger charge is -2.42. The van der Waals surface area contributed by atoms with Crippen LogP contribution in [0, 0.1) is 0 Å². The summed E-state index contributed by atoms with van der Waals surface area (Å²) in [7, 11) is 3.18. The third-order valence-corrected chi connectivity index (χ3v) is 6.24. The summed E-state index contributed by atoms with van der Waals surface area (Å²) in [5.74, 6) is -0.357. The minimum atomic E-state index is -0.361. The van der Waals surface area contributed by atoms with Crippen LogP contribution in [-0.2, 0) is 22.1 Å². The highest BCUT2D eigenvalue weighted by Crippen LogP contribution is 2.45. The fraction of sp³-hybridized carbons (Fsp3) is 0.440. The minimum absolute atomic E-state index is 0.00373. The van der Waals surface area contributed by atoms with E-state index in [0.717, 1.165) is 24.0 Å². The van der Waals surface area contributed by atoms with Crippen molar-refractivity contribution in [3.8, 4) is 0 Å². The Bertz CT molecular complexity index is 926. The molecule has 0 aromatic heterocycles. The zero-order valence-electron chi connectivity index (χ0n) is 18.3. The number of carbonyl (C=O) groups excluding carboxylic acids is 2. The third-order valence-electron chi connectivity index (χ3n) is 6.24. The number of benzene rings is 2. The van der Waals surface area contributed by atoms with E-state index in [-0.39, 0.29) is 22.7 Å². The van der Waals surface area contributed by atoms with Crippen LogP contribution in [0.4, 0.5) is 0 Å². The van der Waals surface area contributed by atoms with Gasteiger partial charge in [0.25, 0.3) is 5.91 Å². The molecule has 1 aliphatic carbocycles. The molecule has 0 bridgehead atoms. The van der Waals surface area contributed by atoms with Gasteiger partial charge < -0.3 is 9.64 Å². The molecule has 0 atom stereocenters. The van der Waals surface area contributed by atoms with Gasteiger partial charge >= 0.3 is 5.97 Å². The Kier molecular flexibility index (Phi) is 5.57. The molecule has 0 aliphatic heterocycles. The number of hydrogen-bond acceptors (Lipinski definition) is 3. The van der Waals surface area contributed by atoms with Gasteiger partial charge in [0.15, 0.2) is 0 Å². The van der Waals surface area contributed by atoms with Crippen molar-refractivity contribution in [1.82, 2.24) is 4.90 Å². The van der Waals surface area contributed by atoms with E-state index in [1.807, 2.05) is 25.2 Å². The SMILES string of the molecule is COC(=O)c1ccc(CN(C)C(=O)c2ccc3c(c2)C(C)(C)CCC3(C)C)cc1. The Morgan fingerprint density at radius 1 is 0.897 bits per heavy atom. The summed E-state index contributed by atoms with van der Waals surface area (Å²) in [6, 6.07) is 13.4. The molecule has 29 heavy (non-hydrogen) atoms. The van der Waals surface area contributed by atoms with Gasteiger partial charge in [0.1, 0.15) is 0 Å². The highest BCUT2D eigenvalue weighted by atomic mass is 16.5. The molecule has 2 aromatic rings. The summed E-state index contributed by atoms with van der Waals surface area (Å²) in [5, 5.41) is 0. The first-order valence-electron chi connectivity index (χ1n) is 10.1. The van der Waals surface area contributed by atoms with Crippen LogP contribution in [0.25, 0.3) is 0 Å². The van der Waals surface area contributed by atoms with Crippen molar-refractivity contribution < 1.29 is 14.3 Å². The first-order chi connectivity index (χ1) is 13.5. The number of fused-ring (bicyclic) bond motifs is 1. The molecule has 0 saturated heterocycles. The molecule has 1 aliphatic rings. The van der Waals surface area contributed by atoms with Gasteiger partial charge in [0.2, 0.25) is 0 Å². The van der Waals surface area contributed by atoms with Crippen LogP contribution in [0.1, 0.15) is 77.9 Å². The fourth-order valence-corrected chi connectivity index (χ4v) is 4.15. The average Bonchev–Trinajstić information content (AvgIpc) is 2.70. The maximum absolute atomic E-state index is 13.1. The lowest BCUT2D eigenvalue weighted by atomic mass is 9.63. The monoisotopic (exact) mass is 393 g/mol. The molecule has 0 heterocycles. The molecule has 1 amide bonds. The predicted octanol–water partition coefficient (Wildman–Crippen LogP) is 5.09. The maximum atomic E-state index is 13.1. The number of nitrogens with zero attached hydrogens (tertiary/aromatic N) is 1. The van der Waals surface area contributed by atoms with Crippen molar-refractivity contribution in [1.29, 1.82) is 0 Å². The number of methoxy groups -OCH3 is 1. The van der Waals surface area contributed by atoms with Gasteiger partial charge in [-0.3, -0.25) is 4.79 Å². The molecule has 0 N–H and O–H groups in total. The quantitative estimate of drug-likeness (QED) is 0.680. The molecule has 4 heteroatoms. The summed E-state index contributed by atoms with van der Waals surface area (Å²) >= 11 is 0. The Morgan fingerprint density at radius 2 is 1.45 bits per heavy atom. The predicted molar refractivity (Wildman–Crippen MR) is 115 cm³/mol. The van der Waals surface area contributed by atoms with Gasteiger partial charge in [-0.25, -0.2) is 4.79 Å². The summed E-state index contributed by atoms with van der Waals surface area (Å²) in [5.41, 5.74) is 5.05. The van der Waals surface area contributed by atoms with Gasteiger partial charge in [0.05, 0.1) is 12.7 Å². The molecular formula is C25H31NO3. The van der Waals surface area contributed by atoms with Crippen LogP contribution in [-0.4, -0.2) is 30.9 Å². The molecule has 0 saturated carbocycles. The third kappa shape index (κ3) is 4.21. The number of ether oxygens (including phenoxy) is 1. The largest absolute Gasteiger partial charge is 0.465 e. The number of rotatable bonds is 4. The normalized spacial score (nSPS) is 16.6. The molecule has 0 spiro atoms. The van der Waals surface area contributed by atoms with E-state index in [1.54, 1.807) is 17.0 Å². The van der Waals surface area contributed by atoms with E-state index in [2.05, 4.69) is 39.8 Å². The van der Waals surface area contributed by atoms with Gasteiger partial charge in [-0.15, -0.1) is 0 Å². The van der Waals surface area contributed by atoms with Gasteiger partial charge in [0, 0.05) is 19.2 Å². The van der Waals surface area contributed by atoms with Gasteiger partial charge in [-0.05, 0) is 64.6 Å². The first-order valence-corrected chi connectivity index (χ1v) is 10.1. The van der Waals surface area contributed by atoms with E-state index in [0.29, 0.717) is 12.1 Å². The van der Waals surface area contributed by atoms with Crippen molar-refractivity contribution in [2.45, 2.75) is 57.9 Å². The van der Waals surface area contributed by atoms with Crippen LogP contribution in [0.2, 0.25) is 0 Å². The van der Waals surface area contributed by atoms with Crippen LogP contribution < -0.4 is 0 Å². The number of hydrogen-bond donors (Lipinski definition) is 0. The van der Waals surface area contributed by atoms with E-state index in [9.17, 15) is 9.59 Å². The highest BCUT2D eigenvalue weighted by Gasteiger charge is 2.37. The van der Waals surface area contributed by atoms with Gasteiger partial charge in [-0.1, -0.05) is 45.9 Å². The van der Waals surface area contributed by atoms with Crippen LogP contribution in [0.3, 0.4) is 0 Å². The standard InChI is InChI=1S/C25H31NO3/c1-24(2)13-14-25(3,4)21-15-19(11-12-20(21)24)22(27)26(5)16-17-7-9-18(10-8-17)23(28)29-6/h7-12,15H,13-14,16H2,1-6H3. The second-order valence-corrected chi connectivity index (χ2v) is 9.38. The van der Waals surface area contributed by atoms with E-state index < -0.39 is 0 Å². The molecule has 3 rings (SSSR count). The number of carbonyl (C=O) groups is 2. The lowest BCUT2D eigenvalue weighted by Crippen LogP contribution is -2.34. The van der Waals surface area contributed by atoms with E-state index >= 15 is 0 Å². The second kappa shape index (κ2) is 7.66. The topological polar surface area (TPSA) is 46.6 Å². The zero-order chi connectivity index (χ0) is 21.4. The summed E-state index contributed by atoms with van der Waals surface area (Å²) in [6.07, 6.45) is 2.27. The summed E-state index contributed by atoms with van der Waals surface area (Å²) in [4.78, 5) is 26.4. The molecular weight excluding hydrogens is 362 g/mol. The Balaban J connectivity index is 1.81. The molecule has 4 nitrogen and oxygen atoms in total. The Morgan fingerprint density at radius 3 is 2.03 bits per heavy atom. The van der Waals surface area contributed by atoms with Gasteiger partial charge in [-0.2, -0.15) is 0 Å². The second-order valence-electron chi connectivity index (χ2n) is 9.38. The van der Waals surface area contributed by atoms with Crippen molar-refractivity contribution >= 4 is 11.9 Å². The van der Waals surface area contributed by atoms with Crippen molar-refractivity contribution in [3.63, 3.8) is 0 Å². The lowest BCUT2D eigenvalue weighted by molar-refractivity contribution is 0.0600. The maximum Gasteiger partial charge on any atom is 0.337 e. The zero-order valence-corrected chi connectivity index (χ0v) is 18.3. The highest BCUT2D eigenvalue weighted by molar-refractivity contribution is 5.94. The molecule has 0 fully saturated rings.